The van der Waals surface area contributed by atoms with E-state index < -0.39 is 4.92 Å². The maximum absolute atomic E-state index is 11.3. The predicted molar refractivity (Wildman–Crippen MR) is 79.2 cm³/mol. The molecular weight excluding hydrogens is 272 g/mol. The Morgan fingerprint density at radius 1 is 1.33 bits per heavy atom. The summed E-state index contributed by atoms with van der Waals surface area (Å²) in [4.78, 5) is 24.6. The molecule has 0 atom stereocenters. The summed E-state index contributed by atoms with van der Waals surface area (Å²) >= 11 is 0. The largest absolute Gasteiger partial charge is 0.367 e. The van der Waals surface area contributed by atoms with Crippen molar-refractivity contribution in [2.45, 2.75) is 13.5 Å². The fourth-order valence-electron chi connectivity index (χ4n) is 2.00. The van der Waals surface area contributed by atoms with Gasteiger partial charge >= 0.3 is 5.69 Å². The van der Waals surface area contributed by atoms with E-state index in [0.717, 1.165) is 5.56 Å². The van der Waals surface area contributed by atoms with Gasteiger partial charge in [-0.2, -0.15) is 0 Å². The average Bonchev–Trinajstić information content (AvgIpc) is 2.52. The molecule has 0 bridgehead atoms. The molecule has 110 valence electrons. The van der Waals surface area contributed by atoms with Crippen LogP contribution in [0.25, 0.3) is 0 Å². The Morgan fingerprint density at radius 3 is 2.62 bits per heavy atom. The quantitative estimate of drug-likeness (QED) is 0.639. The first-order valence-electron chi connectivity index (χ1n) is 6.48. The Hall–Kier alpha value is -2.77. The molecule has 2 heterocycles. The first-order chi connectivity index (χ1) is 10.2. The maximum atomic E-state index is 11.3. The Kier molecular flexibility index (Phi) is 4.60. The van der Waals surface area contributed by atoms with E-state index in [4.69, 9.17) is 0 Å². The normalized spacial score (nSPS) is 10.2. The number of aromatic nitrogens is 3. The lowest BCUT2D eigenvalue weighted by Crippen LogP contribution is -2.24. The maximum Gasteiger partial charge on any atom is 0.353 e. The highest BCUT2D eigenvalue weighted by atomic mass is 16.6. The second kappa shape index (κ2) is 6.60. The van der Waals surface area contributed by atoms with Crippen molar-refractivity contribution in [2.24, 2.45) is 0 Å². The fraction of sp³-hybridized carbons (Fsp3) is 0.308. The van der Waals surface area contributed by atoms with Gasteiger partial charge in [-0.1, -0.05) is 0 Å². The minimum Gasteiger partial charge on any atom is -0.367 e. The van der Waals surface area contributed by atoms with Crippen molar-refractivity contribution in [1.29, 1.82) is 0 Å². The zero-order valence-corrected chi connectivity index (χ0v) is 11.9. The van der Waals surface area contributed by atoms with Gasteiger partial charge in [0, 0.05) is 32.5 Å². The summed E-state index contributed by atoms with van der Waals surface area (Å²) in [6.45, 7) is 3.02. The third-order valence-corrected chi connectivity index (χ3v) is 3.03. The van der Waals surface area contributed by atoms with E-state index in [-0.39, 0.29) is 11.5 Å². The van der Waals surface area contributed by atoms with E-state index in [0.29, 0.717) is 18.9 Å². The van der Waals surface area contributed by atoms with Gasteiger partial charge in [0.2, 0.25) is 11.6 Å². The third kappa shape index (κ3) is 3.22. The van der Waals surface area contributed by atoms with Crippen molar-refractivity contribution < 1.29 is 4.92 Å². The summed E-state index contributed by atoms with van der Waals surface area (Å²) < 4.78 is 0. The molecule has 0 radical (unpaired) electrons. The van der Waals surface area contributed by atoms with Gasteiger partial charge in [0.05, 0.1) is 4.92 Å². The van der Waals surface area contributed by atoms with Crippen LogP contribution in [0.4, 0.5) is 17.3 Å². The summed E-state index contributed by atoms with van der Waals surface area (Å²) in [5.41, 5.74) is 0.890. The molecule has 0 saturated heterocycles. The second-order valence-corrected chi connectivity index (χ2v) is 4.27. The molecule has 8 nitrogen and oxygen atoms in total. The molecule has 0 unspecified atom stereocenters. The summed E-state index contributed by atoms with van der Waals surface area (Å²) in [5.74, 6) is 0.511. The van der Waals surface area contributed by atoms with Gasteiger partial charge in [-0.25, -0.2) is 9.97 Å². The van der Waals surface area contributed by atoms with Crippen LogP contribution in [0.1, 0.15) is 12.5 Å². The van der Waals surface area contributed by atoms with Gasteiger partial charge in [-0.05, 0) is 24.6 Å². The van der Waals surface area contributed by atoms with Crippen LogP contribution in [-0.4, -0.2) is 33.5 Å². The standard InChI is InChI=1S/C13H16N6O2/c1-3-18(8-10-4-6-15-7-5-10)13-11(19(20)21)12(14-2)16-9-17-13/h4-7,9H,3,8H2,1-2H3,(H,14,16,17). The molecule has 0 aliphatic rings. The highest BCUT2D eigenvalue weighted by molar-refractivity contribution is 5.70. The van der Waals surface area contributed by atoms with E-state index in [9.17, 15) is 10.1 Å². The summed E-state index contributed by atoms with van der Waals surface area (Å²) in [7, 11) is 1.60. The lowest BCUT2D eigenvalue weighted by Gasteiger charge is -2.22. The van der Waals surface area contributed by atoms with Crippen LogP contribution in [0.3, 0.4) is 0 Å². The number of hydrogen-bond acceptors (Lipinski definition) is 7. The molecule has 0 fully saturated rings. The first kappa shape index (κ1) is 14.6. The van der Waals surface area contributed by atoms with Crippen molar-refractivity contribution in [3.63, 3.8) is 0 Å². The molecule has 1 N–H and O–H groups in total. The van der Waals surface area contributed by atoms with Crippen molar-refractivity contribution in [1.82, 2.24) is 15.0 Å². The van der Waals surface area contributed by atoms with Gasteiger partial charge < -0.3 is 10.2 Å². The van der Waals surface area contributed by atoms with Crippen LogP contribution in [0.15, 0.2) is 30.9 Å². The Morgan fingerprint density at radius 2 is 2.05 bits per heavy atom. The number of nitro groups is 1. The lowest BCUT2D eigenvalue weighted by atomic mass is 10.2. The number of pyridine rings is 1. The van der Waals surface area contributed by atoms with Gasteiger partial charge in [0.25, 0.3) is 0 Å². The second-order valence-electron chi connectivity index (χ2n) is 4.27. The molecule has 2 aromatic rings. The molecule has 0 aromatic carbocycles. The summed E-state index contributed by atoms with van der Waals surface area (Å²) in [6, 6.07) is 3.74. The van der Waals surface area contributed by atoms with Crippen LogP contribution in [0, 0.1) is 10.1 Å². The molecule has 2 aromatic heterocycles. The smallest absolute Gasteiger partial charge is 0.353 e. The van der Waals surface area contributed by atoms with Crippen LogP contribution in [0.5, 0.6) is 0 Å². The van der Waals surface area contributed by atoms with Gasteiger partial charge in [-0.3, -0.25) is 15.1 Å². The highest BCUT2D eigenvalue weighted by Crippen LogP contribution is 2.31. The van der Waals surface area contributed by atoms with E-state index in [1.807, 2.05) is 24.0 Å². The zero-order valence-electron chi connectivity index (χ0n) is 11.9. The first-order valence-corrected chi connectivity index (χ1v) is 6.48. The number of rotatable bonds is 6. The van der Waals surface area contributed by atoms with Crippen molar-refractivity contribution in [3.8, 4) is 0 Å². The molecule has 2 rings (SSSR count). The molecule has 21 heavy (non-hydrogen) atoms. The topological polar surface area (TPSA) is 97.1 Å². The SMILES string of the molecule is CCN(Cc1ccncc1)c1ncnc(NC)c1[N+](=O)[O-]. The van der Waals surface area contributed by atoms with Crippen LogP contribution in [-0.2, 0) is 6.54 Å². The lowest BCUT2D eigenvalue weighted by molar-refractivity contribution is -0.383. The van der Waals surface area contributed by atoms with E-state index in [1.54, 1.807) is 19.4 Å². The summed E-state index contributed by atoms with van der Waals surface area (Å²) in [5, 5.41) is 14.1. The van der Waals surface area contributed by atoms with Crippen LogP contribution in [0.2, 0.25) is 0 Å². The number of nitrogens with one attached hydrogen (secondary N) is 1. The van der Waals surface area contributed by atoms with Crippen LogP contribution < -0.4 is 10.2 Å². The fourth-order valence-corrected chi connectivity index (χ4v) is 2.00. The van der Waals surface area contributed by atoms with Crippen molar-refractivity contribution >= 4 is 17.3 Å². The Labute approximate surface area is 122 Å². The molecule has 0 aliphatic carbocycles. The minimum absolute atomic E-state index is 0.115. The van der Waals surface area contributed by atoms with Crippen molar-refractivity contribution in [2.75, 3.05) is 23.8 Å². The van der Waals surface area contributed by atoms with Gasteiger partial charge in [0.1, 0.15) is 6.33 Å². The van der Waals surface area contributed by atoms with E-state index in [1.165, 1.54) is 6.33 Å². The Bertz CT molecular complexity index is 619. The number of nitrogens with zero attached hydrogens (tertiary/aromatic N) is 5. The molecule has 0 amide bonds. The molecule has 0 spiro atoms. The zero-order chi connectivity index (χ0) is 15.2. The molecule has 0 aliphatic heterocycles. The molecular formula is C13H16N6O2. The monoisotopic (exact) mass is 288 g/mol. The van der Waals surface area contributed by atoms with E-state index >= 15 is 0 Å². The molecule has 8 heteroatoms. The van der Waals surface area contributed by atoms with Gasteiger partial charge in [-0.15, -0.1) is 0 Å². The Balaban J connectivity index is 2.40. The van der Waals surface area contributed by atoms with Crippen LogP contribution >= 0.6 is 0 Å². The molecule has 0 saturated carbocycles. The van der Waals surface area contributed by atoms with Crippen molar-refractivity contribution in [3.05, 3.63) is 46.5 Å². The van der Waals surface area contributed by atoms with Gasteiger partial charge in [0.15, 0.2) is 0 Å². The number of anilines is 2. The average molecular weight is 288 g/mol. The summed E-state index contributed by atoms with van der Waals surface area (Å²) in [6.07, 6.45) is 4.70. The third-order valence-electron chi connectivity index (χ3n) is 3.03. The minimum atomic E-state index is -0.462. The highest BCUT2D eigenvalue weighted by Gasteiger charge is 2.25. The van der Waals surface area contributed by atoms with E-state index in [2.05, 4.69) is 20.3 Å². The number of hydrogen-bond donors (Lipinski definition) is 1. The predicted octanol–water partition coefficient (Wildman–Crippen LogP) is 1.85.